The molecule has 0 saturated heterocycles. The van der Waals surface area contributed by atoms with E-state index in [1.54, 1.807) is 0 Å². The van der Waals surface area contributed by atoms with Crippen LogP contribution in [0.3, 0.4) is 0 Å². The molecule has 110 valence electrons. The predicted octanol–water partition coefficient (Wildman–Crippen LogP) is 3.56. The molecule has 0 saturated carbocycles. The summed E-state index contributed by atoms with van der Waals surface area (Å²) >= 11 is 0. The van der Waals surface area contributed by atoms with Crippen molar-refractivity contribution in [3.05, 3.63) is 29.8 Å². The van der Waals surface area contributed by atoms with Crippen LogP contribution in [0, 0.1) is 0 Å². The third-order valence-electron chi connectivity index (χ3n) is 2.97. The Morgan fingerprint density at radius 1 is 1.30 bits per heavy atom. The number of rotatable bonds is 7. The molecule has 0 aliphatic carbocycles. The minimum atomic E-state index is 0.285. The van der Waals surface area contributed by atoms with E-state index >= 15 is 0 Å². The summed E-state index contributed by atoms with van der Waals surface area (Å²) in [4.78, 5) is 0. The maximum Gasteiger partial charge on any atom is 0.231 e. The molecule has 0 fully saturated rings. The molecular weight excluding hydrogens is 256 g/mol. The first-order chi connectivity index (χ1) is 9.65. The lowest BCUT2D eigenvalue weighted by Gasteiger charge is -2.08. The molecule has 0 atom stereocenters. The molecule has 0 unspecified atom stereocenters. The van der Waals surface area contributed by atoms with Gasteiger partial charge in [0.1, 0.15) is 12.4 Å². The molecule has 0 spiro atoms. The number of hydrogen-bond donors (Lipinski definition) is 0. The van der Waals surface area contributed by atoms with E-state index in [-0.39, 0.29) is 12.9 Å². The molecule has 1 aliphatic rings. The maximum atomic E-state index is 5.68. The average Bonchev–Trinajstić information content (AvgIpc) is 2.85. The zero-order valence-electron chi connectivity index (χ0n) is 12.3. The summed E-state index contributed by atoms with van der Waals surface area (Å²) in [7, 11) is 0. The number of hydrogen-bond acceptors (Lipinski definition) is 4. The van der Waals surface area contributed by atoms with Gasteiger partial charge in [-0.15, -0.1) is 0 Å². The van der Waals surface area contributed by atoms with Crippen LogP contribution in [0.2, 0.25) is 0 Å². The summed E-state index contributed by atoms with van der Waals surface area (Å²) < 4.78 is 21.8. The molecular formula is C16H22O4. The number of fused-ring (bicyclic) bond motifs is 1. The molecule has 0 bridgehead atoms. The van der Waals surface area contributed by atoms with Crippen molar-refractivity contribution < 1.29 is 18.9 Å². The zero-order chi connectivity index (χ0) is 14.4. The quantitative estimate of drug-likeness (QED) is 0.715. The molecule has 4 heteroatoms. The van der Waals surface area contributed by atoms with E-state index in [2.05, 4.69) is 13.0 Å². The Kier molecular flexibility index (Phi) is 5.30. The van der Waals surface area contributed by atoms with Crippen LogP contribution < -0.4 is 14.2 Å². The summed E-state index contributed by atoms with van der Waals surface area (Å²) in [5.41, 5.74) is 1.27. The first kappa shape index (κ1) is 14.7. The molecule has 0 aromatic heterocycles. The van der Waals surface area contributed by atoms with Crippen molar-refractivity contribution in [1.82, 2.24) is 0 Å². The summed E-state index contributed by atoms with van der Waals surface area (Å²) in [6.07, 6.45) is 3.30. The predicted molar refractivity (Wildman–Crippen MR) is 77.5 cm³/mol. The minimum Gasteiger partial charge on any atom is -0.489 e. The fraction of sp³-hybridized carbons (Fsp3) is 0.500. The van der Waals surface area contributed by atoms with Crippen LogP contribution in [0.4, 0.5) is 0 Å². The first-order valence-electron chi connectivity index (χ1n) is 6.95. The van der Waals surface area contributed by atoms with Crippen molar-refractivity contribution in [2.24, 2.45) is 0 Å². The lowest BCUT2D eigenvalue weighted by molar-refractivity contribution is 0.0813. The molecule has 1 heterocycles. The van der Waals surface area contributed by atoms with Gasteiger partial charge in [0.05, 0.1) is 12.7 Å². The van der Waals surface area contributed by atoms with Gasteiger partial charge in [0.25, 0.3) is 0 Å². The summed E-state index contributed by atoms with van der Waals surface area (Å²) in [6.45, 7) is 7.76. The maximum absolute atomic E-state index is 5.68. The summed E-state index contributed by atoms with van der Waals surface area (Å²) in [5, 5.41) is 0. The molecule has 1 aromatic carbocycles. The SMILES string of the molecule is C/C(=C\COc1ccc2c(c1)OCO2)CCOC(C)C. The van der Waals surface area contributed by atoms with Crippen molar-refractivity contribution in [3.8, 4) is 17.2 Å². The van der Waals surface area contributed by atoms with Gasteiger partial charge in [0, 0.05) is 6.07 Å². The van der Waals surface area contributed by atoms with E-state index in [1.807, 2.05) is 32.0 Å². The highest BCUT2D eigenvalue weighted by atomic mass is 16.7. The standard InChI is InChI=1S/C16H22O4/c1-12(2)17-8-6-13(3)7-9-18-14-4-5-15-16(10-14)20-11-19-15/h4-5,7,10,12H,6,8-9,11H2,1-3H3/b13-7+. The Balaban J connectivity index is 1.74. The molecule has 4 nitrogen and oxygen atoms in total. The van der Waals surface area contributed by atoms with Crippen LogP contribution >= 0.6 is 0 Å². The molecule has 1 aromatic rings. The third kappa shape index (κ3) is 4.46. The van der Waals surface area contributed by atoms with Crippen LogP contribution in [-0.2, 0) is 4.74 Å². The molecule has 0 amide bonds. The van der Waals surface area contributed by atoms with E-state index in [0.717, 1.165) is 30.3 Å². The smallest absolute Gasteiger partial charge is 0.231 e. The van der Waals surface area contributed by atoms with E-state index in [0.29, 0.717) is 6.61 Å². The second-order valence-electron chi connectivity index (χ2n) is 5.05. The second kappa shape index (κ2) is 7.20. The fourth-order valence-corrected chi connectivity index (χ4v) is 1.80. The van der Waals surface area contributed by atoms with Gasteiger partial charge < -0.3 is 18.9 Å². The summed E-state index contributed by atoms with van der Waals surface area (Å²) in [6, 6.07) is 5.61. The highest BCUT2D eigenvalue weighted by Crippen LogP contribution is 2.35. The average molecular weight is 278 g/mol. The van der Waals surface area contributed by atoms with E-state index in [9.17, 15) is 0 Å². The van der Waals surface area contributed by atoms with Crippen molar-refractivity contribution >= 4 is 0 Å². The number of ether oxygens (including phenoxy) is 4. The van der Waals surface area contributed by atoms with Gasteiger partial charge in [-0.25, -0.2) is 0 Å². The summed E-state index contributed by atoms with van der Waals surface area (Å²) in [5.74, 6) is 2.31. The van der Waals surface area contributed by atoms with Crippen LogP contribution in [-0.4, -0.2) is 26.1 Å². The Morgan fingerprint density at radius 3 is 2.90 bits per heavy atom. The number of benzene rings is 1. The largest absolute Gasteiger partial charge is 0.489 e. The van der Waals surface area contributed by atoms with E-state index < -0.39 is 0 Å². The van der Waals surface area contributed by atoms with Crippen molar-refractivity contribution in [1.29, 1.82) is 0 Å². The topological polar surface area (TPSA) is 36.9 Å². The van der Waals surface area contributed by atoms with Gasteiger partial charge in [0.15, 0.2) is 11.5 Å². The lowest BCUT2D eigenvalue weighted by atomic mass is 10.2. The molecule has 0 radical (unpaired) electrons. The lowest BCUT2D eigenvalue weighted by Crippen LogP contribution is -2.04. The van der Waals surface area contributed by atoms with Gasteiger partial charge in [0.2, 0.25) is 6.79 Å². The van der Waals surface area contributed by atoms with Crippen molar-refractivity contribution in [3.63, 3.8) is 0 Å². The normalized spacial score (nSPS) is 13.9. The van der Waals surface area contributed by atoms with E-state index in [4.69, 9.17) is 18.9 Å². The van der Waals surface area contributed by atoms with Crippen LogP contribution in [0.5, 0.6) is 17.2 Å². The van der Waals surface area contributed by atoms with Gasteiger partial charge in [-0.1, -0.05) is 5.57 Å². The van der Waals surface area contributed by atoms with Crippen LogP contribution in [0.1, 0.15) is 27.2 Å². The first-order valence-corrected chi connectivity index (χ1v) is 6.95. The fourth-order valence-electron chi connectivity index (χ4n) is 1.80. The second-order valence-corrected chi connectivity index (χ2v) is 5.05. The molecule has 1 aliphatic heterocycles. The molecule has 2 rings (SSSR count). The monoisotopic (exact) mass is 278 g/mol. The third-order valence-corrected chi connectivity index (χ3v) is 2.97. The highest BCUT2D eigenvalue weighted by Gasteiger charge is 2.13. The van der Waals surface area contributed by atoms with Gasteiger partial charge in [-0.3, -0.25) is 0 Å². The Bertz CT molecular complexity index is 466. The molecule has 0 N–H and O–H groups in total. The van der Waals surface area contributed by atoms with Crippen molar-refractivity contribution in [2.75, 3.05) is 20.0 Å². The van der Waals surface area contributed by atoms with Crippen molar-refractivity contribution in [2.45, 2.75) is 33.3 Å². The van der Waals surface area contributed by atoms with Gasteiger partial charge >= 0.3 is 0 Å². The van der Waals surface area contributed by atoms with Crippen LogP contribution in [0.15, 0.2) is 29.8 Å². The highest BCUT2D eigenvalue weighted by molar-refractivity contribution is 5.46. The van der Waals surface area contributed by atoms with Gasteiger partial charge in [-0.05, 0) is 45.4 Å². The van der Waals surface area contributed by atoms with Crippen LogP contribution in [0.25, 0.3) is 0 Å². The Morgan fingerprint density at radius 2 is 2.10 bits per heavy atom. The van der Waals surface area contributed by atoms with E-state index in [1.165, 1.54) is 5.57 Å². The minimum absolute atomic E-state index is 0.285. The van der Waals surface area contributed by atoms with Gasteiger partial charge in [-0.2, -0.15) is 0 Å². The molecule has 20 heavy (non-hydrogen) atoms. The Hall–Kier alpha value is -1.68. The zero-order valence-corrected chi connectivity index (χ0v) is 12.3. The Labute approximate surface area is 120 Å².